The average molecular weight is 388 g/mol. The molecule has 3 rings (SSSR count). The van der Waals surface area contributed by atoms with Gasteiger partial charge in [0, 0.05) is 31.0 Å². The van der Waals surface area contributed by atoms with E-state index in [0.717, 1.165) is 5.56 Å². The number of hydrogen-bond acceptors (Lipinski definition) is 6. The van der Waals surface area contributed by atoms with Crippen LogP contribution in [-0.4, -0.2) is 47.9 Å². The summed E-state index contributed by atoms with van der Waals surface area (Å²) in [5, 5.41) is 2.75. The molecule has 27 heavy (non-hydrogen) atoms. The van der Waals surface area contributed by atoms with Crippen molar-refractivity contribution in [1.29, 1.82) is 0 Å². The molecule has 0 saturated carbocycles. The fraction of sp³-hybridized carbons (Fsp3) is 0.421. The Hall–Kier alpha value is -2.48. The van der Waals surface area contributed by atoms with E-state index in [4.69, 9.17) is 0 Å². The Morgan fingerprint density at radius 1 is 1.22 bits per heavy atom. The zero-order valence-electron chi connectivity index (χ0n) is 15.5. The van der Waals surface area contributed by atoms with Crippen LogP contribution in [-0.2, 0) is 16.4 Å². The topological polar surface area (TPSA) is 92.3 Å². The van der Waals surface area contributed by atoms with E-state index in [1.807, 2.05) is 30.3 Å². The maximum absolute atomic E-state index is 12.3. The van der Waals surface area contributed by atoms with Gasteiger partial charge in [-0.1, -0.05) is 30.3 Å². The van der Waals surface area contributed by atoms with Crippen molar-refractivity contribution in [2.24, 2.45) is 0 Å². The highest BCUT2D eigenvalue weighted by atomic mass is 32.2. The Morgan fingerprint density at radius 2 is 1.89 bits per heavy atom. The van der Waals surface area contributed by atoms with Crippen LogP contribution in [0.15, 0.2) is 42.7 Å². The average Bonchev–Trinajstić information content (AvgIpc) is 2.99. The monoisotopic (exact) mass is 388 g/mol. The molecule has 1 aromatic heterocycles. The van der Waals surface area contributed by atoms with Crippen molar-refractivity contribution in [3.8, 4) is 0 Å². The van der Waals surface area contributed by atoms with E-state index in [2.05, 4.69) is 34.0 Å². The molecule has 7 nitrogen and oxygen atoms in total. The molecular weight excluding hydrogens is 364 g/mol. The molecule has 1 amide bonds. The molecule has 1 aromatic carbocycles. The van der Waals surface area contributed by atoms with Gasteiger partial charge in [-0.2, -0.15) is 0 Å². The van der Waals surface area contributed by atoms with Crippen LogP contribution in [0.5, 0.6) is 0 Å². The third-order valence-electron chi connectivity index (χ3n) is 4.54. The van der Waals surface area contributed by atoms with E-state index >= 15 is 0 Å². The summed E-state index contributed by atoms with van der Waals surface area (Å²) in [4.78, 5) is 23.1. The Bertz CT molecular complexity index is 883. The summed E-state index contributed by atoms with van der Waals surface area (Å²) in [5.74, 6) is 0.322. The summed E-state index contributed by atoms with van der Waals surface area (Å²) in [6.45, 7) is 4.80. The van der Waals surface area contributed by atoms with Crippen molar-refractivity contribution < 1.29 is 13.2 Å². The molecule has 8 heteroatoms. The fourth-order valence-electron chi connectivity index (χ4n) is 3.03. The molecule has 0 aliphatic carbocycles. The molecule has 0 spiro atoms. The van der Waals surface area contributed by atoms with E-state index in [9.17, 15) is 13.2 Å². The maximum atomic E-state index is 12.3. The number of benzene rings is 1. The third kappa shape index (κ3) is 5.03. The Balaban J connectivity index is 1.68. The molecule has 1 atom stereocenters. The number of carbonyl (C=O) groups is 1. The van der Waals surface area contributed by atoms with Crippen molar-refractivity contribution in [2.45, 2.75) is 38.9 Å². The fourth-order valence-corrected chi connectivity index (χ4v) is 4.70. The first kappa shape index (κ1) is 19.3. The van der Waals surface area contributed by atoms with Gasteiger partial charge in [-0.25, -0.2) is 18.4 Å². The molecule has 0 bridgehead atoms. The molecule has 1 N–H and O–H groups in total. The Kier molecular flexibility index (Phi) is 5.74. The third-order valence-corrected chi connectivity index (χ3v) is 6.31. The number of carbonyl (C=O) groups excluding carboxylic acids is 1. The van der Waals surface area contributed by atoms with Crippen molar-refractivity contribution in [3.05, 3.63) is 53.9 Å². The van der Waals surface area contributed by atoms with Gasteiger partial charge in [0.1, 0.15) is 0 Å². The van der Waals surface area contributed by atoms with Crippen LogP contribution in [0.25, 0.3) is 0 Å². The van der Waals surface area contributed by atoms with Gasteiger partial charge in [0.05, 0.1) is 17.1 Å². The lowest BCUT2D eigenvalue weighted by Gasteiger charge is -2.26. The first-order valence-corrected chi connectivity index (χ1v) is 10.8. The summed E-state index contributed by atoms with van der Waals surface area (Å²) in [6, 6.07) is 9.90. The summed E-state index contributed by atoms with van der Waals surface area (Å²) in [6.07, 6.45) is 3.42. The van der Waals surface area contributed by atoms with Gasteiger partial charge >= 0.3 is 0 Å². The van der Waals surface area contributed by atoms with Crippen molar-refractivity contribution >= 4 is 21.7 Å². The highest BCUT2D eigenvalue weighted by Crippen LogP contribution is 2.16. The minimum Gasteiger partial charge on any atom is -0.348 e. The van der Waals surface area contributed by atoms with Gasteiger partial charge in [-0.05, 0) is 25.8 Å². The van der Waals surface area contributed by atoms with Crippen molar-refractivity contribution in [2.75, 3.05) is 16.4 Å². The second-order valence-corrected chi connectivity index (χ2v) is 9.28. The van der Waals surface area contributed by atoms with Crippen LogP contribution in [0.2, 0.25) is 0 Å². The minimum absolute atomic E-state index is 0.00408. The molecule has 1 aliphatic rings. The number of anilines is 1. The largest absolute Gasteiger partial charge is 0.348 e. The number of rotatable bonds is 6. The molecule has 1 aliphatic heterocycles. The minimum atomic E-state index is -3.03. The maximum Gasteiger partial charge on any atom is 0.254 e. The number of nitrogens with zero attached hydrogens (tertiary/aromatic N) is 3. The lowest BCUT2D eigenvalue weighted by Crippen LogP contribution is -2.36. The Morgan fingerprint density at radius 3 is 2.44 bits per heavy atom. The predicted octanol–water partition coefficient (Wildman–Crippen LogP) is 1.81. The smallest absolute Gasteiger partial charge is 0.254 e. The number of nitrogens with one attached hydrogen (secondary N) is 1. The van der Waals surface area contributed by atoms with Crippen LogP contribution in [0.4, 0.5) is 5.95 Å². The van der Waals surface area contributed by atoms with Gasteiger partial charge in [0.15, 0.2) is 9.84 Å². The van der Waals surface area contributed by atoms with Gasteiger partial charge in [-0.3, -0.25) is 4.79 Å². The summed E-state index contributed by atoms with van der Waals surface area (Å²) >= 11 is 0. The molecule has 0 radical (unpaired) electrons. The number of amides is 1. The molecule has 1 saturated heterocycles. The summed E-state index contributed by atoms with van der Waals surface area (Å²) < 4.78 is 23.0. The molecule has 1 unspecified atom stereocenters. The molecule has 2 heterocycles. The second-order valence-electron chi connectivity index (χ2n) is 7.05. The van der Waals surface area contributed by atoms with Crippen LogP contribution >= 0.6 is 0 Å². The SMILES string of the molecule is CC(C)N(Cc1ccccc1)c1ncc(C(=O)NC2CCS(=O)(=O)C2)cn1. The van der Waals surface area contributed by atoms with Gasteiger partial charge in [-0.15, -0.1) is 0 Å². The number of hydrogen-bond donors (Lipinski definition) is 1. The predicted molar refractivity (Wildman–Crippen MR) is 104 cm³/mol. The Labute approximate surface area is 159 Å². The van der Waals surface area contributed by atoms with Gasteiger partial charge < -0.3 is 10.2 Å². The second kappa shape index (κ2) is 8.04. The summed E-state index contributed by atoms with van der Waals surface area (Å²) in [7, 11) is -3.03. The van der Waals surface area contributed by atoms with E-state index in [-0.39, 0.29) is 29.5 Å². The quantitative estimate of drug-likeness (QED) is 0.811. The van der Waals surface area contributed by atoms with E-state index in [1.54, 1.807) is 0 Å². The number of aromatic nitrogens is 2. The van der Waals surface area contributed by atoms with Crippen LogP contribution in [0, 0.1) is 0 Å². The standard InChI is InChI=1S/C19H24N4O3S/c1-14(2)23(12-15-6-4-3-5-7-15)19-20-10-16(11-21-19)18(24)22-17-8-9-27(25,26)13-17/h3-7,10-11,14,17H,8-9,12-13H2,1-2H3,(H,22,24). The van der Waals surface area contributed by atoms with E-state index < -0.39 is 9.84 Å². The molecular formula is C19H24N4O3S. The van der Waals surface area contributed by atoms with E-state index in [0.29, 0.717) is 24.5 Å². The van der Waals surface area contributed by atoms with Gasteiger partial charge in [0.25, 0.3) is 5.91 Å². The van der Waals surface area contributed by atoms with Crippen LogP contribution < -0.4 is 10.2 Å². The zero-order valence-corrected chi connectivity index (χ0v) is 16.3. The first-order chi connectivity index (χ1) is 12.8. The zero-order chi connectivity index (χ0) is 19.4. The number of sulfone groups is 1. The van der Waals surface area contributed by atoms with Crippen LogP contribution in [0.3, 0.4) is 0 Å². The molecule has 2 aromatic rings. The van der Waals surface area contributed by atoms with Gasteiger partial charge in [0.2, 0.25) is 5.95 Å². The first-order valence-electron chi connectivity index (χ1n) is 8.98. The lowest BCUT2D eigenvalue weighted by molar-refractivity contribution is 0.0940. The van der Waals surface area contributed by atoms with Crippen molar-refractivity contribution in [3.63, 3.8) is 0 Å². The molecule has 144 valence electrons. The highest BCUT2D eigenvalue weighted by molar-refractivity contribution is 7.91. The van der Waals surface area contributed by atoms with Crippen LogP contribution in [0.1, 0.15) is 36.2 Å². The highest BCUT2D eigenvalue weighted by Gasteiger charge is 2.29. The lowest BCUT2D eigenvalue weighted by atomic mass is 10.2. The summed E-state index contributed by atoms with van der Waals surface area (Å²) in [5.41, 5.74) is 1.48. The molecule has 1 fully saturated rings. The normalized spacial score (nSPS) is 18.4. The van der Waals surface area contributed by atoms with Crippen molar-refractivity contribution in [1.82, 2.24) is 15.3 Å². The van der Waals surface area contributed by atoms with E-state index in [1.165, 1.54) is 12.4 Å².